The molecule has 0 unspecified atom stereocenters. The third-order valence-electron chi connectivity index (χ3n) is 0.411. The van der Waals surface area contributed by atoms with Gasteiger partial charge in [-0.2, -0.15) is 0 Å². The highest BCUT2D eigenvalue weighted by Gasteiger charge is 1.70. The van der Waals surface area contributed by atoms with Crippen molar-refractivity contribution in [3.05, 3.63) is 0 Å². The van der Waals surface area contributed by atoms with Crippen LogP contribution in [0.15, 0.2) is 0 Å². The Morgan fingerprint density at radius 1 is 1.14 bits per heavy atom. The molecule has 0 aromatic rings. The van der Waals surface area contributed by atoms with E-state index in [9.17, 15) is 8.78 Å². The highest BCUT2D eigenvalue weighted by atomic mass is 19.1. The van der Waals surface area contributed by atoms with Gasteiger partial charge in [-0.3, -0.25) is 4.39 Å². The average molecular weight is 104 g/mol. The second kappa shape index (κ2) is 5.42. The molecule has 0 radical (unpaired) electrons. The average Bonchev–Trinajstić information content (AvgIpc) is 1.69. The zero-order valence-corrected chi connectivity index (χ0v) is 3.88. The minimum absolute atomic E-state index is 0.157. The van der Waals surface area contributed by atoms with Crippen molar-refractivity contribution in [1.29, 1.82) is 0 Å². The zero-order valence-electron chi connectivity index (χ0n) is 3.88. The summed E-state index contributed by atoms with van der Waals surface area (Å²) in [6, 6.07) is 0. The Morgan fingerprint density at radius 3 is 2.29 bits per heavy atom. The molecule has 0 aromatic carbocycles. The molecule has 0 aromatic heterocycles. The van der Waals surface area contributed by atoms with Crippen LogP contribution in [0, 0.1) is 11.8 Å². The van der Waals surface area contributed by atoms with Crippen molar-refractivity contribution in [2.45, 2.75) is 6.42 Å². The van der Waals surface area contributed by atoms with Gasteiger partial charge in [0, 0.05) is 6.42 Å². The lowest BCUT2D eigenvalue weighted by molar-refractivity contribution is 0.504. The molecule has 0 spiro atoms. The Labute approximate surface area is 41.5 Å². The van der Waals surface area contributed by atoms with Crippen LogP contribution in [0.2, 0.25) is 0 Å². The maximum Gasteiger partial charge on any atom is 0.150 e. The summed E-state index contributed by atoms with van der Waals surface area (Å²) in [5.41, 5.74) is 0. The van der Waals surface area contributed by atoms with Crippen LogP contribution in [0.5, 0.6) is 0 Å². The predicted octanol–water partition coefficient (Wildman–Crippen LogP) is 1.32. The summed E-state index contributed by atoms with van der Waals surface area (Å²) in [5, 5.41) is 0. The van der Waals surface area contributed by atoms with Crippen LogP contribution in [-0.4, -0.2) is 13.3 Å². The minimum Gasteiger partial charge on any atom is -0.250 e. The van der Waals surface area contributed by atoms with Crippen LogP contribution < -0.4 is 0 Å². The van der Waals surface area contributed by atoms with E-state index in [2.05, 4.69) is 11.8 Å². The predicted molar refractivity (Wildman–Crippen MR) is 24.3 cm³/mol. The zero-order chi connectivity index (χ0) is 5.54. The number of alkyl halides is 2. The lowest BCUT2D eigenvalue weighted by atomic mass is 10.5. The quantitative estimate of drug-likeness (QED) is 0.440. The minimum atomic E-state index is -0.667. The third-order valence-corrected chi connectivity index (χ3v) is 0.411. The third kappa shape index (κ3) is 5.42. The van der Waals surface area contributed by atoms with Crippen molar-refractivity contribution in [3.8, 4) is 11.8 Å². The van der Waals surface area contributed by atoms with Gasteiger partial charge in [-0.15, -0.1) is 0 Å². The molecular weight excluding hydrogens is 98.1 g/mol. The maximum absolute atomic E-state index is 11.1. The van der Waals surface area contributed by atoms with Gasteiger partial charge in [0.15, 0.2) is 0 Å². The van der Waals surface area contributed by atoms with Crippen LogP contribution in [0.1, 0.15) is 6.42 Å². The largest absolute Gasteiger partial charge is 0.250 e. The van der Waals surface area contributed by atoms with Crippen molar-refractivity contribution >= 4 is 0 Å². The molecule has 7 heavy (non-hydrogen) atoms. The fourth-order valence-electron chi connectivity index (χ4n) is 0.183. The fraction of sp³-hybridized carbons (Fsp3) is 0.600. The van der Waals surface area contributed by atoms with Crippen LogP contribution in [0.25, 0.3) is 0 Å². The molecule has 0 aliphatic heterocycles. The van der Waals surface area contributed by atoms with Crippen molar-refractivity contribution < 1.29 is 8.78 Å². The Bertz CT molecular complexity index is 77.8. The molecule has 0 fully saturated rings. The van der Waals surface area contributed by atoms with Gasteiger partial charge in [-0.25, -0.2) is 4.39 Å². The van der Waals surface area contributed by atoms with E-state index in [0.29, 0.717) is 0 Å². The molecule has 0 amide bonds. The number of rotatable bonds is 1. The Morgan fingerprint density at radius 2 is 1.86 bits per heavy atom. The van der Waals surface area contributed by atoms with Gasteiger partial charge in [-0.05, 0) is 0 Å². The van der Waals surface area contributed by atoms with Crippen molar-refractivity contribution in [2.75, 3.05) is 13.3 Å². The molecule has 0 atom stereocenters. The van der Waals surface area contributed by atoms with Crippen LogP contribution in [0.3, 0.4) is 0 Å². The van der Waals surface area contributed by atoms with E-state index in [4.69, 9.17) is 0 Å². The Balaban J connectivity index is 2.91. The molecule has 0 saturated carbocycles. The summed E-state index contributed by atoms with van der Waals surface area (Å²) >= 11 is 0. The van der Waals surface area contributed by atoms with Crippen LogP contribution in [-0.2, 0) is 0 Å². The van der Waals surface area contributed by atoms with E-state index >= 15 is 0 Å². The molecule has 0 aliphatic carbocycles. The molecule has 0 heterocycles. The summed E-state index contributed by atoms with van der Waals surface area (Å²) in [5.74, 6) is 4.38. The van der Waals surface area contributed by atoms with Gasteiger partial charge in [0.2, 0.25) is 0 Å². The summed E-state index contributed by atoms with van der Waals surface area (Å²) in [6.07, 6.45) is 0.157. The SMILES string of the molecule is FCC#CCCF. The van der Waals surface area contributed by atoms with Crippen molar-refractivity contribution in [3.63, 3.8) is 0 Å². The van der Waals surface area contributed by atoms with Gasteiger partial charge in [-0.1, -0.05) is 11.8 Å². The topological polar surface area (TPSA) is 0 Å². The van der Waals surface area contributed by atoms with E-state index in [-0.39, 0.29) is 6.42 Å². The highest BCUT2D eigenvalue weighted by molar-refractivity contribution is 4.98. The van der Waals surface area contributed by atoms with E-state index in [0.717, 1.165) is 0 Å². The summed E-state index contributed by atoms with van der Waals surface area (Å²) in [6.45, 7) is -1.15. The normalized spacial score (nSPS) is 7.14. The molecule has 0 rings (SSSR count). The van der Waals surface area contributed by atoms with Crippen LogP contribution >= 0.6 is 0 Å². The molecular formula is C5H6F2. The summed E-state index contributed by atoms with van der Waals surface area (Å²) in [4.78, 5) is 0. The molecule has 0 aliphatic rings. The first-order valence-corrected chi connectivity index (χ1v) is 1.99. The second-order valence-electron chi connectivity index (χ2n) is 0.926. The number of hydrogen-bond donors (Lipinski definition) is 0. The molecule has 0 nitrogen and oxygen atoms in total. The first-order valence-electron chi connectivity index (χ1n) is 1.99. The lowest BCUT2D eigenvalue weighted by Crippen LogP contribution is -1.68. The molecule has 0 N–H and O–H groups in total. The number of hydrogen-bond acceptors (Lipinski definition) is 0. The van der Waals surface area contributed by atoms with E-state index < -0.39 is 13.3 Å². The molecule has 0 bridgehead atoms. The Kier molecular flexibility index (Phi) is 4.97. The van der Waals surface area contributed by atoms with Gasteiger partial charge in [0.1, 0.15) is 13.3 Å². The van der Waals surface area contributed by atoms with Gasteiger partial charge < -0.3 is 0 Å². The number of halogens is 2. The Hall–Kier alpha value is -0.580. The fourth-order valence-corrected chi connectivity index (χ4v) is 0.183. The first kappa shape index (κ1) is 6.42. The summed E-state index contributed by atoms with van der Waals surface area (Å²) in [7, 11) is 0. The van der Waals surface area contributed by atoms with Gasteiger partial charge in [0.05, 0.1) is 0 Å². The highest BCUT2D eigenvalue weighted by Crippen LogP contribution is 1.74. The molecule has 2 heteroatoms. The smallest absolute Gasteiger partial charge is 0.150 e. The first-order chi connectivity index (χ1) is 3.41. The van der Waals surface area contributed by atoms with Gasteiger partial charge >= 0.3 is 0 Å². The van der Waals surface area contributed by atoms with E-state index in [1.54, 1.807) is 0 Å². The lowest BCUT2D eigenvalue weighted by Gasteiger charge is -1.70. The van der Waals surface area contributed by atoms with E-state index in [1.807, 2.05) is 0 Å². The van der Waals surface area contributed by atoms with Gasteiger partial charge in [0.25, 0.3) is 0 Å². The standard InChI is InChI=1S/C5H6F2/c6-4-2-1-3-5-7/h2,4-5H2. The van der Waals surface area contributed by atoms with E-state index in [1.165, 1.54) is 0 Å². The van der Waals surface area contributed by atoms with Crippen LogP contribution in [0.4, 0.5) is 8.78 Å². The molecule has 40 valence electrons. The van der Waals surface area contributed by atoms with Crippen molar-refractivity contribution in [1.82, 2.24) is 0 Å². The maximum atomic E-state index is 11.1. The van der Waals surface area contributed by atoms with Crippen molar-refractivity contribution in [2.24, 2.45) is 0 Å². The monoisotopic (exact) mass is 104 g/mol. The second-order valence-corrected chi connectivity index (χ2v) is 0.926. The molecule has 0 saturated heterocycles. The summed E-state index contributed by atoms with van der Waals surface area (Å²) < 4.78 is 22.1.